The lowest BCUT2D eigenvalue weighted by atomic mass is 10.0. The summed E-state index contributed by atoms with van der Waals surface area (Å²) in [5.74, 6) is 0.575. The van der Waals surface area contributed by atoms with Crippen LogP contribution in [0.25, 0.3) is 11.3 Å². The first-order valence-electron chi connectivity index (χ1n) is 6.30. The Kier molecular flexibility index (Phi) is 3.07. The maximum Gasteiger partial charge on any atom is 0.155 e. The molecular weight excluding hydrogens is 260 g/mol. The minimum Gasteiger partial charge on any atom is -0.298 e. The molecule has 1 aromatic carbocycles. The van der Waals surface area contributed by atoms with E-state index in [4.69, 9.17) is 11.6 Å². The van der Waals surface area contributed by atoms with Gasteiger partial charge in [-0.1, -0.05) is 23.7 Å². The average Bonchev–Trinajstić information content (AvgIpc) is 2.85. The van der Waals surface area contributed by atoms with Gasteiger partial charge in [-0.25, -0.2) is 9.97 Å². The highest BCUT2D eigenvalue weighted by atomic mass is 35.5. The standard InChI is InChI=1S/C15H13ClN2O/c1-9-17-14(13(8-19)15(16)18-9)12-6-5-10-3-2-4-11(10)7-12/h5-8H,2-4H2,1H3. The monoisotopic (exact) mass is 272 g/mol. The lowest BCUT2D eigenvalue weighted by Crippen LogP contribution is -2.00. The van der Waals surface area contributed by atoms with Gasteiger partial charge in [0.05, 0.1) is 11.3 Å². The Bertz CT molecular complexity index is 667. The van der Waals surface area contributed by atoms with Crippen LogP contribution in [-0.2, 0) is 12.8 Å². The zero-order valence-corrected chi connectivity index (χ0v) is 11.4. The van der Waals surface area contributed by atoms with E-state index < -0.39 is 0 Å². The molecule has 0 fully saturated rings. The Morgan fingerprint density at radius 2 is 2.00 bits per heavy atom. The van der Waals surface area contributed by atoms with Gasteiger partial charge in [-0.15, -0.1) is 0 Å². The van der Waals surface area contributed by atoms with E-state index in [1.807, 2.05) is 6.07 Å². The molecule has 4 heteroatoms. The van der Waals surface area contributed by atoms with Gasteiger partial charge in [-0.2, -0.15) is 0 Å². The van der Waals surface area contributed by atoms with Gasteiger partial charge in [0.15, 0.2) is 6.29 Å². The van der Waals surface area contributed by atoms with E-state index in [-0.39, 0.29) is 5.15 Å². The Morgan fingerprint density at radius 3 is 2.79 bits per heavy atom. The molecule has 0 bridgehead atoms. The molecule has 1 aliphatic rings. The molecule has 0 atom stereocenters. The molecular formula is C15H13ClN2O. The van der Waals surface area contributed by atoms with Crippen LogP contribution in [0, 0.1) is 6.92 Å². The number of fused-ring (bicyclic) bond motifs is 1. The summed E-state index contributed by atoms with van der Waals surface area (Å²) < 4.78 is 0. The molecule has 0 amide bonds. The van der Waals surface area contributed by atoms with Gasteiger partial charge in [0, 0.05) is 5.56 Å². The van der Waals surface area contributed by atoms with Crippen LogP contribution in [0.15, 0.2) is 18.2 Å². The van der Waals surface area contributed by atoms with Crippen molar-refractivity contribution >= 4 is 17.9 Å². The van der Waals surface area contributed by atoms with Crippen LogP contribution >= 0.6 is 11.6 Å². The maximum atomic E-state index is 11.2. The maximum absolute atomic E-state index is 11.2. The van der Waals surface area contributed by atoms with Crippen LogP contribution in [0.2, 0.25) is 5.15 Å². The third-order valence-corrected chi connectivity index (χ3v) is 3.79. The fraction of sp³-hybridized carbons (Fsp3) is 0.267. The van der Waals surface area contributed by atoms with Crippen LogP contribution in [0.4, 0.5) is 0 Å². The number of benzene rings is 1. The summed E-state index contributed by atoms with van der Waals surface area (Å²) in [4.78, 5) is 19.6. The van der Waals surface area contributed by atoms with Crippen molar-refractivity contribution in [1.29, 1.82) is 0 Å². The van der Waals surface area contributed by atoms with Crippen LogP contribution in [-0.4, -0.2) is 16.3 Å². The third kappa shape index (κ3) is 2.15. The first-order chi connectivity index (χ1) is 9.19. The Balaban J connectivity index is 2.19. The lowest BCUT2D eigenvalue weighted by Gasteiger charge is -2.08. The second-order valence-corrected chi connectivity index (χ2v) is 5.14. The largest absolute Gasteiger partial charge is 0.298 e. The summed E-state index contributed by atoms with van der Waals surface area (Å²) in [6, 6.07) is 6.25. The van der Waals surface area contributed by atoms with Crippen LogP contribution in [0.3, 0.4) is 0 Å². The van der Waals surface area contributed by atoms with Crippen LogP contribution < -0.4 is 0 Å². The normalized spacial score (nSPS) is 13.4. The quantitative estimate of drug-likeness (QED) is 0.621. The third-order valence-electron chi connectivity index (χ3n) is 3.50. The molecule has 0 N–H and O–H groups in total. The highest BCUT2D eigenvalue weighted by molar-refractivity contribution is 6.32. The van der Waals surface area contributed by atoms with E-state index in [9.17, 15) is 4.79 Å². The predicted octanol–water partition coefficient (Wildman–Crippen LogP) is 3.41. The van der Waals surface area contributed by atoms with Gasteiger partial charge in [0.1, 0.15) is 11.0 Å². The number of aromatic nitrogens is 2. The van der Waals surface area contributed by atoms with Crippen molar-refractivity contribution in [2.75, 3.05) is 0 Å². The Labute approximate surface area is 116 Å². The van der Waals surface area contributed by atoms with E-state index in [1.54, 1.807) is 6.92 Å². The summed E-state index contributed by atoms with van der Waals surface area (Å²) in [7, 11) is 0. The highest BCUT2D eigenvalue weighted by Gasteiger charge is 2.16. The van der Waals surface area contributed by atoms with Crippen molar-refractivity contribution in [3.8, 4) is 11.3 Å². The summed E-state index contributed by atoms with van der Waals surface area (Å²) in [5.41, 5.74) is 4.68. The fourth-order valence-corrected chi connectivity index (χ4v) is 2.85. The van der Waals surface area contributed by atoms with Crippen LogP contribution in [0.5, 0.6) is 0 Å². The van der Waals surface area contributed by atoms with Gasteiger partial charge in [-0.05, 0) is 43.4 Å². The molecule has 0 radical (unpaired) electrons. The lowest BCUT2D eigenvalue weighted by molar-refractivity contribution is 0.112. The number of hydrogen-bond donors (Lipinski definition) is 0. The molecule has 0 aliphatic heterocycles. The highest BCUT2D eigenvalue weighted by Crippen LogP contribution is 2.30. The summed E-state index contributed by atoms with van der Waals surface area (Å²) in [6.45, 7) is 1.78. The molecule has 0 saturated carbocycles. The van der Waals surface area contributed by atoms with Gasteiger partial charge >= 0.3 is 0 Å². The van der Waals surface area contributed by atoms with Gasteiger partial charge in [0.2, 0.25) is 0 Å². The number of aldehydes is 1. The number of nitrogens with zero attached hydrogens (tertiary/aromatic N) is 2. The first-order valence-corrected chi connectivity index (χ1v) is 6.68. The number of aryl methyl sites for hydroxylation is 3. The molecule has 0 saturated heterocycles. The average molecular weight is 273 g/mol. The molecule has 0 spiro atoms. The number of carbonyl (C=O) groups is 1. The number of rotatable bonds is 2. The van der Waals surface area contributed by atoms with Gasteiger partial charge in [-0.3, -0.25) is 4.79 Å². The SMILES string of the molecule is Cc1nc(Cl)c(C=O)c(-c2ccc3c(c2)CCC3)n1. The summed E-state index contributed by atoms with van der Waals surface area (Å²) in [6.07, 6.45) is 4.16. The van der Waals surface area contributed by atoms with E-state index in [1.165, 1.54) is 17.5 Å². The van der Waals surface area contributed by atoms with E-state index >= 15 is 0 Å². The second kappa shape index (κ2) is 4.74. The van der Waals surface area contributed by atoms with E-state index in [0.29, 0.717) is 17.1 Å². The minimum atomic E-state index is 0.220. The van der Waals surface area contributed by atoms with Gasteiger partial charge in [0.25, 0.3) is 0 Å². The minimum absolute atomic E-state index is 0.220. The molecule has 1 aromatic heterocycles. The molecule has 1 heterocycles. The van der Waals surface area contributed by atoms with Crippen molar-refractivity contribution in [1.82, 2.24) is 9.97 Å². The van der Waals surface area contributed by atoms with Crippen molar-refractivity contribution in [2.24, 2.45) is 0 Å². The zero-order chi connectivity index (χ0) is 13.4. The van der Waals surface area contributed by atoms with Crippen molar-refractivity contribution in [3.63, 3.8) is 0 Å². The molecule has 3 rings (SSSR count). The molecule has 3 nitrogen and oxygen atoms in total. The molecule has 0 unspecified atom stereocenters. The predicted molar refractivity (Wildman–Crippen MR) is 74.6 cm³/mol. The number of carbonyl (C=O) groups excluding carboxylic acids is 1. The topological polar surface area (TPSA) is 42.9 Å². The molecule has 19 heavy (non-hydrogen) atoms. The smallest absolute Gasteiger partial charge is 0.155 e. The Hall–Kier alpha value is -1.74. The van der Waals surface area contributed by atoms with Crippen molar-refractivity contribution in [2.45, 2.75) is 26.2 Å². The van der Waals surface area contributed by atoms with Crippen molar-refractivity contribution in [3.05, 3.63) is 45.9 Å². The first kappa shape index (κ1) is 12.3. The van der Waals surface area contributed by atoms with Crippen molar-refractivity contribution < 1.29 is 4.79 Å². The Morgan fingerprint density at radius 1 is 1.21 bits per heavy atom. The summed E-state index contributed by atoms with van der Waals surface area (Å²) >= 11 is 6.02. The number of hydrogen-bond acceptors (Lipinski definition) is 3. The molecule has 2 aromatic rings. The zero-order valence-electron chi connectivity index (χ0n) is 10.6. The molecule has 1 aliphatic carbocycles. The van der Waals surface area contributed by atoms with E-state index in [0.717, 1.165) is 24.7 Å². The summed E-state index contributed by atoms with van der Waals surface area (Å²) in [5, 5.41) is 0.220. The van der Waals surface area contributed by atoms with Gasteiger partial charge < -0.3 is 0 Å². The van der Waals surface area contributed by atoms with E-state index in [2.05, 4.69) is 22.1 Å². The molecule has 96 valence electrons. The second-order valence-electron chi connectivity index (χ2n) is 4.78. The fourth-order valence-electron chi connectivity index (χ4n) is 2.59. The van der Waals surface area contributed by atoms with Crippen LogP contribution in [0.1, 0.15) is 33.7 Å². The number of halogens is 1.